The molecule has 0 saturated carbocycles. The average Bonchev–Trinajstić information content (AvgIpc) is 2.69. The lowest BCUT2D eigenvalue weighted by Crippen LogP contribution is -2.51. The number of carbonyl (C=O) groups is 3. The van der Waals surface area contributed by atoms with Crippen molar-refractivity contribution in [1.29, 1.82) is 0 Å². The maximum atomic E-state index is 12.8. The fourth-order valence-corrected chi connectivity index (χ4v) is 3.17. The van der Waals surface area contributed by atoms with E-state index in [2.05, 4.69) is 16.0 Å². The number of carbonyl (C=O) groups excluding carboxylic acids is 3. The van der Waals surface area contributed by atoms with Gasteiger partial charge < -0.3 is 25.6 Å². The molecule has 2 rings (SSSR count). The van der Waals surface area contributed by atoms with Gasteiger partial charge in [-0.3, -0.25) is 14.4 Å². The molecule has 1 atom stereocenters. The Bertz CT molecular complexity index is 708. The van der Waals surface area contributed by atoms with Crippen LogP contribution in [0.2, 0.25) is 0 Å². The lowest BCUT2D eigenvalue weighted by atomic mass is 10.0. The molecule has 0 saturated heterocycles. The van der Waals surface area contributed by atoms with Gasteiger partial charge in [-0.15, -0.1) is 0 Å². The Morgan fingerprint density at radius 1 is 1.07 bits per heavy atom. The first kappa shape index (κ1) is 22.7. The molecule has 0 fully saturated rings. The zero-order valence-corrected chi connectivity index (χ0v) is 17.5. The molecule has 0 bridgehead atoms. The average molecular weight is 405 g/mol. The minimum absolute atomic E-state index is 0.0525. The quantitative estimate of drug-likeness (QED) is 0.626. The van der Waals surface area contributed by atoms with Crippen molar-refractivity contribution in [1.82, 2.24) is 20.9 Å². The standard InChI is InChI=1S/C21H32N4O4/c1-15(2)20-21(28)25(3)14-19(27)24-13-18(26)22-10-6-8-16-7-4-5-9-17(16)29-12-11-23-20/h4-5,7,9,15,20,23H,6,8,10-14H2,1-3H3,(H,22,26)(H,24,27). The van der Waals surface area contributed by atoms with Gasteiger partial charge in [-0.2, -0.15) is 0 Å². The van der Waals surface area contributed by atoms with E-state index >= 15 is 0 Å². The number of benzene rings is 1. The molecule has 8 heteroatoms. The first-order valence-corrected chi connectivity index (χ1v) is 10.1. The zero-order chi connectivity index (χ0) is 21.2. The molecule has 1 aromatic carbocycles. The number of ether oxygens (including phenoxy) is 1. The van der Waals surface area contributed by atoms with Crippen molar-refractivity contribution >= 4 is 17.7 Å². The molecule has 3 N–H and O–H groups in total. The molecule has 160 valence electrons. The van der Waals surface area contributed by atoms with Gasteiger partial charge in [0.25, 0.3) is 0 Å². The van der Waals surface area contributed by atoms with Gasteiger partial charge in [0.2, 0.25) is 17.7 Å². The van der Waals surface area contributed by atoms with Crippen LogP contribution in [0.15, 0.2) is 24.3 Å². The molecule has 1 heterocycles. The normalized spacial score (nSPS) is 20.8. The number of nitrogens with one attached hydrogen (secondary N) is 3. The number of rotatable bonds is 1. The largest absolute Gasteiger partial charge is 0.492 e. The van der Waals surface area contributed by atoms with Crippen LogP contribution >= 0.6 is 0 Å². The van der Waals surface area contributed by atoms with E-state index in [1.54, 1.807) is 7.05 Å². The second-order valence-electron chi connectivity index (χ2n) is 7.56. The summed E-state index contributed by atoms with van der Waals surface area (Å²) < 4.78 is 5.92. The summed E-state index contributed by atoms with van der Waals surface area (Å²) in [6.45, 7) is 5.16. The second-order valence-corrected chi connectivity index (χ2v) is 7.56. The SMILES string of the molecule is CC(C)C1NCCOc2ccccc2CCCNC(=O)CNC(=O)CN(C)C1=O. The van der Waals surface area contributed by atoms with Crippen LogP contribution in [0.4, 0.5) is 0 Å². The number of nitrogens with zero attached hydrogens (tertiary/aromatic N) is 1. The summed E-state index contributed by atoms with van der Waals surface area (Å²) in [5.41, 5.74) is 1.08. The fourth-order valence-electron chi connectivity index (χ4n) is 3.17. The predicted molar refractivity (Wildman–Crippen MR) is 111 cm³/mol. The van der Waals surface area contributed by atoms with Crippen LogP contribution in [-0.4, -0.2) is 68.5 Å². The smallest absolute Gasteiger partial charge is 0.240 e. The van der Waals surface area contributed by atoms with E-state index in [1.807, 2.05) is 38.1 Å². The third kappa shape index (κ3) is 7.38. The van der Waals surface area contributed by atoms with Gasteiger partial charge in [0.1, 0.15) is 12.4 Å². The number of likely N-dealkylation sites (N-methyl/N-ethyl adjacent to an activating group) is 1. The molecular formula is C21H32N4O4. The summed E-state index contributed by atoms with van der Waals surface area (Å²) in [6.07, 6.45) is 1.54. The Morgan fingerprint density at radius 2 is 1.83 bits per heavy atom. The molecule has 29 heavy (non-hydrogen) atoms. The van der Waals surface area contributed by atoms with E-state index in [9.17, 15) is 14.4 Å². The van der Waals surface area contributed by atoms with Gasteiger partial charge in [0.15, 0.2) is 0 Å². The van der Waals surface area contributed by atoms with Crippen LogP contribution in [-0.2, 0) is 20.8 Å². The lowest BCUT2D eigenvalue weighted by molar-refractivity contribution is -0.137. The Balaban J connectivity index is 2.09. The molecule has 0 aliphatic carbocycles. The Labute approximate surface area is 172 Å². The third-order valence-electron chi connectivity index (χ3n) is 4.78. The van der Waals surface area contributed by atoms with Crippen molar-refractivity contribution in [3.63, 3.8) is 0 Å². The molecular weight excluding hydrogens is 372 g/mol. The van der Waals surface area contributed by atoms with E-state index in [-0.39, 0.29) is 36.7 Å². The van der Waals surface area contributed by atoms with E-state index in [0.717, 1.165) is 24.2 Å². The van der Waals surface area contributed by atoms with Gasteiger partial charge in [0, 0.05) is 20.1 Å². The molecule has 0 radical (unpaired) electrons. The van der Waals surface area contributed by atoms with E-state index in [0.29, 0.717) is 19.7 Å². The Kier molecular flexibility index (Phi) is 8.92. The van der Waals surface area contributed by atoms with Crippen LogP contribution in [0.3, 0.4) is 0 Å². The van der Waals surface area contributed by atoms with E-state index < -0.39 is 6.04 Å². The Hall–Kier alpha value is -2.61. The highest BCUT2D eigenvalue weighted by atomic mass is 16.5. The van der Waals surface area contributed by atoms with Crippen LogP contribution < -0.4 is 20.7 Å². The summed E-state index contributed by atoms with van der Waals surface area (Å²) in [5, 5.41) is 8.60. The first-order chi connectivity index (χ1) is 13.9. The number of amides is 3. The van der Waals surface area contributed by atoms with Gasteiger partial charge in [-0.05, 0) is 30.4 Å². The fraction of sp³-hybridized carbons (Fsp3) is 0.571. The number of fused-ring (bicyclic) bond motifs is 1. The predicted octanol–water partition coefficient (Wildman–Crippen LogP) is 0.317. The number of hydrogen-bond acceptors (Lipinski definition) is 5. The van der Waals surface area contributed by atoms with E-state index in [4.69, 9.17) is 4.74 Å². The van der Waals surface area contributed by atoms with Gasteiger partial charge in [0.05, 0.1) is 19.1 Å². The Morgan fingerprint density at radius 3 is 2.59 bits per heavy atom. The molecule has 0 aromatic heterocycles. The maximum Gasteiger partial charge on any atom is 0.240 e. The van der Waals surface area contributed by atoms with Gasteiger partial charge >= 0.3 is 0 Å². The number of hydrogen-bond donors (Lipinski definition) is 3. The van der Waals surface area contributed by atoms with Crippen molar-refractivity contribution in [3.05, 3.63) is 29.8 Å². The van der Waals surface area contributed by atoms with Crippen molar-refractivity contribution in [3.8, 4) is 5.75 Å². The summed E-state index contributed by atoms with van der Waals surface area (Å²) in [5.74, 6) is 0.0907. The highest BCUT2D eigenvalue weighted by Gasteiger charge is 2.26. The van der Waals surface area contributed by atoms with Gasteiger partial charge in [-0.25, -0.2) is 0 Å². The highest BCUT2D eigenvalue weighted by Crippen LogP contribution is 2.19. The van der Waals surface area contributed by atoms with Crippen LogP contribution in [0, 0.1) is 5.92 Å². The second kappa shape index (κ2) is 11.4. The van der Waals surface area contributed by atoms with Crippen LogP contribution in [0.25, 0.3) is 0 Å². The minimum Gasteiger partial charge on any atom is -0.492 e. The van der Waals surface area contributed by atoms with Crippen molar-refractivity contribution in [2.45, 2.75) is 32.7 Å². The van der Waals surface area contributed by atoms with Crippen molar-refractivity contribution < 1.29 is 19.1 Å². The summed E-state index contributed by atoms with van der Waals surface area (Å²) in [7, 11) is 1.59. The first-order valence-electron chi connectivity index (χ1n) is 10.1. The number of para-hydroxylation sites is 1. The summed E-state index contributed by atoms with van der Waals surface area (Å²) >= 11 is 0. The lowest BCUT2D eigenvalue weighted by Gasteiger charge is -2.27. The van der Waals surface area contributed by atoms with Crippen molar-refractivity contribution in [2.75, 3.05) is 39.8 Å². The monoisotopic (exact) mass is 404 g/mol. The molecule has 0 spiro atoms. The molecule has 1 unspecified atom stereocenters. The molecule has 1 aliphatic rings. The third-order valence-corrected chi connectivity index (χ3v) is 4.78. The zero-order valence-electron chi connectivity index (χ0n) is 17.5. The van der Waals surface area contributed by atoms with E-state index in [1.165, 1.54) is 4.90 Å². The number of aryl methyl sites for hydroxylation is 1. The maximum absolute atomic E-state index is 12.8. The molecule has 3 amide bonds. The summed E-state index contributed by atoms with van der Waals surface area (Å²) in [6, 6.07) is 7.41. The topological polar surface area (TPSA) is 99.8 Å². The molecule has 1 aliphatic heterocycles. The molecule has 1 aromatic rings. The summed E-state index contributed by atoms with van der Waals surface area (Å²) in [4.78, 5) is 38.1. The van der Waals surface area contributed by atoms with Crippen LogP contribution in [0.1, 0.15) is 25.8 Å². The van der Waals surface area contributed by atoms with Crippen molar-refractivity contribution in [2.24, 2.45) is 5.92 Å². The minimum atomic E-state index is -0.422. The van der Waals surface area contributed by atoms with Gasteiger partial charge in [-0.1, -0.05) is 32.0 Å². The molecule has 8 nitrogen and oxygen atoms in total. The van der Waals surface area contributed by atoms with Crippen LogP contribution in [0.5, 0.6) is 5.75 Å². The highest BCUT2D eigenvalue weighted by molar-refractivity contribution is 5.89.